The van der Waals surface area contributed by atoms with Crippen LogP contribution in [0.4, 0.5) is 13.2 Å². The lowest BCUT2D eigenvalue weighted by Crippen LogP contribution is -2.26. The first-order valence-electron chi connectivity index (χ1n) is 21.4. The molecule has 0 spiro atoms. The number of pyridine rings is 1. The third-order valence-corrected chi connectivity index (χ3v) is 11.4. The zero-order valence-electron chi connectivity index (χ0n) is 38.5. The fourth-order valence-corrected chi connectivity index (χ4v) is 7.44. The molecule has 4 aromatic carbocycles. The highest BCUT2D eigenvalue weighted by Crippen LogP contribution is 2.33. The number of ether oxygens (including phenoxy) is 4. The summed E-state index contributed by atoms with van der Waals surface area (Å²) >= 11 is 11.8. The van der Waals surface area contributed by atoms with Crippen molar-refractivity contribution in [2.45, 2.75) is 66.5 Å². The van der Waals surface area contributed by atoms with E-state index in [4.69, 9.17) is 42.1 Å². The molecular formula is C50H55Cl2F3N2O10. The smallest absolute Gasteiger partial charge is 0.343 e. The van der Waals surface area contributed by atoms with Gasteiger partial charge < -0.3 is 38.8 Å². The molecule has 0 saturated carbocycles. The van der Waals surface area contributed by atoms with Gasteiger partial charge in [-0.05, 0) is 72.2 Å². The summed E-state index contributed by atoms with van der Waals surface area (Å²) in [5.74, 6) is -3.89. The SMILES string of the molecule is CCOC(=O)C(C=N[C@H](CO)C(C)C)=C(O)c1cc(Cc2cccc(Cl)c2F)c(OC)cc1F.CCOC(=O)c1cn([C@H](CO)C(C)C)c2cc(OC)c(Cc3cccc(Cl)c3F)cc2c1=O. The fraction of sp³-hybridized carbons (Fsp3) is 0.360. The number of halogens is 5. The average Bonchev–Trinajstić information content (AvgIpc) is 3.29. The summed E-state index contributed by atoms with van der Waals surface area (Å²) in [6, 6.07) is 13.9. The van der Waals surface area contributed by atoms with Crippen molar-refractivity contribution in [2.24, 2.45) is 16.8 Å². The van der Waals surface area contributed by atoms with E-state index in [1.54, 1.807) is 48.7 Å². The molecule has 0 fully saturated rings. The van der Waals surface area contributed by atoms with Crippen LogP contribution in [0.15, 0.2) is 82.2 Å². The van der Waals surface area contributed by atoms with Gasteiger partial charge in [0.15, 0.2) is 0 Å². The highest BCUT2D eigenvalue weighted by Gasteiger charge is 2.25. The first-order chi connectivity index (χ1) is 31.9. The lowest BCUT2D eigenvalue weighted by atomic mass is 9.98. The Morgan fingerprint density at radius 1 is 0.761 bits per heavy atom. The number of aliphatic imine (C=N–C) groups is 1. The Labute approximate surface area is 397 Å². The highest BCUT2D eigenvalue weighted by atomic mass is 35.5. The van der Waals surface area contributed by atoms with Crippen molar-refractivity contribution >= 4 is 58.0 Å². The molecule has 0 amide bonds. The molecule has 0 aliphatic heterocycles. The van der Waals surface area contributed by atoms with Gasteiger partial charge in [-0.1, -0.05) is 75.2 Å². The van der Waals surface area contributed by atoms with Gasteiger partial charge >= 0.3 is 11.9 Å². The number of aliphatic hydroxyl groups is 3. The third-order valence-electron chi connectivity index (χ3n) is 10.8. The Morgan fingerprint density at radius 2 is 1.31 bits per heavy atom. The number of methoxy groups -OCH3 is 2. The number of esters is 2. The van der Waals surface area contributed by atoms with Gasteiger partial charge in [0.25, 0.3) is 0 Å². The van der Waals surface area contributed by atoms with Crippen LogP contribution in [0.25, 0.3) is 16.7 Å². The van der Waals surface area contributed by atoms with Crippen LogP contribution in [0.3, 0.4) is 0 Å². The van der Waals surface area contributed by atoms with E-state index in [-0.39, 0.29) is 94.5 Å². The molecule has 67 heavy (non-hydrogen) atoms. The summed E-state index contributed by atoms with van der Waals surface area (Å²) in [6.07, 6.45) is 2.61. The Hall–Kier alpha value is -5.87. The quantitative estimate of drug-likeness (QED) is 0.0333. The van der Waals surface area contributed by atoms with E-state index in [1.807, 2.05) is 27.7 Å². The maximum Gasteiger partial charge on any atom is 0.343 e. The van der Waals surface area contributed by atoms with Gasteiger partial charge in [0, 0.05) is 42.8 Å². The molecule has 0 bridgehead atoms. The predicted octanol–water partition coefficient (Wildman–Crippen LogP) is 9.90. The zero-order valence-corrected chi connectivity index (χ0v) is 40.0. The van der Waals surface area contributed by atoms with E-state index in [0.717, 1.165) is 12.3 Å². The standard InChI is InChI=1S/C25H28ClF2NO5.C25H27ClFNO5/c1-5-34-25(32)18(12-29-21(13-30)14(2)3)24(31)17-10-16(22(33-4)11-20(17)27)9-15-7-6-8-19(26)23(15)28;1-5-33-25(31)18-12-28(21(13-29)14(2)3)20-11-22(32-4)16(10-17(20)24(18)30)9-15-7-6-8-19(26)23(15)27/h6-8,10-12,14,21,30-31H,5,9,13H2,1-4H3;6-8,10-12,14,21,29H,5,9,13H2,1-4H3/t2*21-/m11/s1. The van der Waals surface area contributed by atoms with Gasteiger partial charge in [-0.25, -0.2) is 22.8 Å². The molecule has 1 heterocycles. The van der Waals surface area contributed by atoms with Gasteiger partial charge in [-0.15, -0.1) is 0 Å². The molecule has 360 valence electrons. The number of fused-ring (bicyclic) bond motifs is 1. The van der Waals surface area contributed by atoms with E-state index in [0.29, 0.717) is 28.0 Å². The van der Waals surface area contributed by atoms with Crippen molar-refractivity contribution in [1.29, 1.82) is 0 Å². The first kappa shape index (κ1) is 53.7. The van der Waals surface area contributed by atoms with Crippen molar-refractivity contribution in [3.05, 3.63) is 144 Å². The van der Waals surface area contributed by atoms with Gasteiger partial charge in [0.2, 0.25) is 5.43 Å². The molecule has 0 unspecified atom stereocenters. The maximum atomic E-state index is 14.9. The summed E-state index contributed by atoms with van der Waals surface area (Å²) in [7, 11) is 2.82. The summed E-state index contributed by atoms with van der Waals surface area (Å²) < 4.78 is 66.5. The number of nitrogens with zero attached hydrogens (tertiary/aromatic N) is 2. The van der Waals surface area contributed by atoms with Gasteiger partial charge in [0.05, 0.1) is 73.9 Å². The minimum absolute atomic E-state index is 0.00179. The summed E-state index contributed by atoms with van der Waals surface area (Å²) in [5, 5.41) is 30.6. The Bertz CT molecular complexity index is 2690. The number of aliphatic hydroxyl groups excluding tert-OH is 3. The second-order valence-corrected chi connectivity index (χ2v) is 16.7. The van der Waals surface area contributed by atoms with Crippen molar-refractivity contribution in [2.75, 3.05) is 40.6 Å². The second kappa shape index (κ2) is 24.8. The first-order valence-corrected chi connectivity index (χ1v) is 22.1. The van der Waals surface area contributed by atoms with E-state index in [9.17, 15) is 42.9 Å². The van der Waals surface area contributed by atoms with Crippen molar-refractivity contribution in [3.8, 4) is 11.5 Å². The van der Waals surface area contributed by atoms with Gasteiger partial charge in [0.1, 0.15) is 45.8 Å². The van der Waals surface area contributed by atoms with Crippen LogP contribution >= 0.6 is 23.2 Å². The van der Waals surface area contributed by atoms with Crippen LogP contribution in [-0.2, 0) is 27.1 Å². The van der Waals surface area contributed by atoms with E-state index in [2.05, 4.69) is 4.99 Å². The van der Waals surface area contributed by atoms with Crippen LogP contribution in [0.5, 0.6) is 11.5 Å². The molecule has 3 N–H and O–H groups in total. The van der Waals surface area contributed by atoms with Crippen LogP contribution in [0, 0.1) is 29.3 Å². The summed E-state index contributed by atoms with van der Waals surface area (Å²) in [5.41, 5.74) is 0.641. The number of benzene rings is 4. The molecule has 12 nitrogen and oxygen atoms in total. The number of hydrogen-bond donors (Lipinski definition) is 3. The van der Waals surface area contributed by atoms with E-state index < -0.39 is 52.7 Å². The number of hydrogen-bond acceptors (Lipinski definition) is 11. The van der Waals surface area contributed by atoms with Crippen LogP contribution in [0.2, 0.25) is 10.0 Å². The Morgan fingerprint density at radius 3 is 1.81 bits per heavy atom. The molecule has 0 aliphatic rings. The minimum Gasteiger partial charge on any atom is -0.506 e. The fourth-order valence-electron chi connectivity index (χ4n) is 7.05. The van der Waals surface area contributed by atoms with Crippen molar-refractivity contribution < 1.29 is 57.0 Å². The van der Waals surface area contributed by atoms with Crippen LogP contribution in [-0.4, -0.2) is 84.7 Å². The van der Waals surface area contributed by atoms with Crippen molar-refractivity contribution in [1.82, 2.24) is 4.57 Å². The lowest BCUT2D eigenvalue weighted by molar-refractivity contribution is -0.137. The molecule has 5 aromatic rings. The third kappa shape index (κ3) is 13.0. The van der Waals surface area contributed by atoms with Crippen LogP contribution < -0.4 is 14.9 Å². The molecule has 0 saturated heterocycles. The second-order valence-electron chi connectivity index (χ2n) is 15.9. The number of carbonyl (C=O) groups is 2. The average molecular weight is 972 g/mol. The molecule has 2 atom stereocenters. The molecular weight excluding hydrogens is 916 g/mol. The zero-order chi connectivity index (χ0) is 49.7. The highest BCUT2D eigenvalue weighted by molar-refractivity contribution is 6.31. The molecule has 17 heteroatoms. The molecule has 5 rings (SSSR count). The Balaban J connectivity index is 0.000000293. The number of aromatic nitrogens is 1. The van der Waals surface area contributed by atoms with E-state index >= 15 is 0 Å². The maximum absolute atomic E-state index is 14.9. The largest absolute Gasteiger partial charge is 0.506 e. The molecule has 0 aliphatic carbocycles. The summed E-state index contributed by atoms with van der Waals surface area (Å²) in [6.45, 7) is 10.4. The molecule has 1 aromatic heterocycles. The normalized spacial score (nSPS) is 12.7. The number of carbonyl (C=O) groups excluding carboxylic acids is 2. The van der Waals surface area contributed by atoms with Gasteiger partial charge in [-0.2, -0.15) is 0 Å². The van der Waals surface area contributed by atoms with E-state index in [1.165, 1.54) is 44.7 Å². The minimum atomic E-state index is -0.915. The van der Waals surface area contributed by atoms with Crippen molar-refractivity contribution in [3.63, 3.8) is 0 Å². The predicted molar refractivity (Wildman–Crippen MR) is 253 cm³/mol. The monoisotopic (exact) mass is 970 g/mol. The van der Waals surface area contributed by atoms with Gasteiger partial charge in [-0.3, -0.25) is 9.79 Å². The number of rotatable bonds is 18. The topological polar surface area (TPSA) is 166 Å². The van der Waals surface area contributed by atoms with Crippen LogP contribution in [0.1, 0.15) is 85.8 Å². The lowest BCUT2D eigenvalue weighted by Gasteiger charge is -2.25. The summed E-state index contributed by atoms with van der Waals surface area (Å²) in [4.78, 5) is 42.5. The molecule has 0 radical (unpaired) electrons. The Kier molecular flexibility index (Phi) is 19.9.